The Morgan fingerprint density at radius 1 is 0.932 bits per heavy atom. The van der Waals surface area contributed by atoms with Gasteiger partial charge in [-0.05, 0) is 53.8 Å². The fraction of sp³-hybridized carbons (Fsp3) is 0.229. The van der Waals surface area contributed by atoms with E-state index in [-0.39, 0.29) is 12.2 Å². The van der Waals surface area contributed by atoms with Gasteiger partial charge in [-0.1, -0.05) is 60.7 Å². The molecular weight excluding hydrogens is 550 g/mol. The van der Waals surface area contributed by atoms with Crippen LogP contribution in [0.4, 0.5) is 0 Å². The summed E-state index contributed by atoms with van der Waals surface area (Å²) in [6.45, 7) is 1.28. The van der Waals surface area contributed by atoms with Crippen LogP contribution in [0.5, 0.6) is 5.75 Å². The molecule has 9 heteroatoms. The minimum atomic E-state index is -0.288. The maximum absolute atomic E-state index is 11.5. The molecule has 3 N–H and O–H groups in total. The topological polar surface area (TPSA) is 104 Å². The molecule has 1 unspecified atom stereocenters. The first-order chi connectivity index (χ1) is 21.7. The number of rotatable bonds is 12. The van der Waals surface area contributed by atoms with Gasteiger partial charge in [-0.15, -0.1) is 10.2 Å². The fourth-order valence-corrected chi connectivity index (χ4v) is 6.37. The highest BCUT2D eigenvalue weighted by Crippen LogP contribution is 2.32. The van der Waals surface area contributed by atoms with Gasteiger partial charge < -0.3 is 24.6 Å². The quantitative estimate of drug-likeness (QED) is 0.135. The summed E-state index contributed by atoms with van der Waals surface area (Å²) < 4.78 is 7.67. The van der Waals surface area contributed by atoms with Crippen molar-refractivity contribution < 1.29 is 9.53 Å². The smallest absolute Gasteiger partial charge is 0.310 e. The zero-order valence-corrected chi connectivity index (χ0v) is 24.5. The van der Waals surface area contributed by atoms with Gasteiger partial charge in [0.05, 0.1) is 19.7 Å². The van der Waals surface area contributed by atoms with Crippen molar-refractivity contribution in [1.29, 1.82) is 0 Å². The Hall–Kier alpha value is -5.15. The SMILES string of the molecule is COc1ccc(Cn2c(CCc3c[nH]c4ccccc34)nnc2[C@@H](Cc2c[nH]c3ccccc23)N2CC=CC2N[C]=O)cc1. The van der Waals surface area contributed by atoms with Gasteiger partial charge in [0.25, 0.3) is 0 Å². The number of ether oxygens (including phenoxy) is 1. The molecule has 0 spiro atoms. The van der Waals surface area contributed by atoms with E-state index in [2.05, 4.69) is 91.8 Å². The molecule has 1 radical (unpaired) electrons. The number of nitrogens with one attached hydrogen (secondary N) is 3. The summed E-state index contributed by atoms with van der Waals surface area (Å²) in [6, 6.07) is 24.7. The average molecular weight is 585 g/mol. The van der Waals surface area contributed by atoms with Crippen molar-refractivity contribution in [3.8, 4) is 5.75 Å². The Morgan fingerprint density at radius 3 is 2.36 bits per heavy atom. The third-order valence-electron chi connectivity index (χ3n) is 8.63. The number of H-pyrrole nitrogens is 2. The zero-order chi connectivity index (χ0) is 29.9. The lowest BCUT2D eigenvalue weighted by Crippen LogP contribution is -2.44. The molecule has 0 aliphatic carbocycles. The van der Waals surface area contributed by atoms with Crippen LogP contribution in [0.3, 0.4) is 0 Å². The van der Waals surface area contributed by atoms with Crippen molar-refractivity contribution >= 4 is 28.2 Å². The minimum Gasteiger partial charge on any atom is -0.497 e. The summed E-state index contributed by atoms with van der Waals surface area (Å²) >= 11 is 0. The summed E-state index contributed by atoms with van der Waals surface area (Å²) in [5, 5.41) is 15.0. The molecule has 44 heavy (non-hydrogen) atoms. The summed E-state index contributed by atoms with van der Waals surface area (Å²) in [5.41, 5.74) is 5.79. The van der Waals surface area contributed by atoms with Crippen LogP contribution in [0.25, 0.3) is 21.8 Å². The largest absolute Gasteiger partial charge is 0.497 e. The molecule has 0 saturated heterocycles. The lowest BCUT2D eigenvalue weighted by molar-refractivity contribution is 0.171. The van der Waals surface area contributed by atoms with E-state index in [0.717, 1.165) is 46.8 Å². The van der Waals surface area contributed by atoms with Crippen molar-refractivity contribution in [2.24, 2.45) is 0 Å². The second kappa shape index (κ2) is 12.2. The Bertz CT molecular complexity index is 1920. The number of aromatic nitrogens is 5. The predicted molar refractivity (Wildman–Crippen MR) is 171 cm³/mol. The number of benzene rings is 3. The van der Waals surface area contributed by atoms with Crippen LogP contribution in [-0.2, 0) is 30.6 Å². The third-order valence-corrected chi connectivity index (χ3v) is 8.63. The van der Waals surface area contributed by atoms with E-state index in [1.807, 2.05) is 36.8 Å². The highest BCUT2D eigenvalue weighted by molar-refractivity contribution is 5.83. The number of fused-ring (bicyclic) bond motifs is 2. The Morgan fingerprint density at radius 2 is 1.64 bits per heavy atom. The molecular formula is C35H34N7O2. The predicted octanol–water partition coefficient (Wildman–Crippen LogP) is 5.22. The van der Waals surface area contributed by atoms with Crippen molar-refractivity contribution in [1.82, 2.24) is 34.9 Å². The molecule has 0 bridgehead atoms. The average Bonchev–Trinajstić information content (AvgIpc) is 3.86. The minimum absolute atomic E-state index is 0.164. The highest BCUT2D eigenvalue weighted by atomic mass is 16.5. The van der Waals surface area contributed by atoms with Crippen LogP contribution in [0, 0.1) is 0 Å². The van der Waals surface area contributed by atoms with Crippen molar-refractivity contribution in [2.45, 2.75) is 38.0 Å². The summed E-state index contributed by atoms with van der Waals surface area (Å²) in [6.07, 6.45) is 12.1. The number of para-hydroxylation sites is 2. The number of methoxy groups -OCH3 is 1. The van der Waals surface area contributed by atoms with Crippen LogP contribution in [0.15, 0.2) is 97.3 Å². The normalized spacial score (nSPS) is 15.7. The van der Waals surface area contributed by atoms with Gasteiger partial charge in [0.15, 0.2) is 5.82 Å². The monoisotopic (exact) mass is 584 g/mol. The van der Waals surface area contributed by atoms with Crippen LogP contribution >= 0.6 is 0 Å². The second-order valence-electron chi connectivity index (χ2n) is 11.2. The molecule has 3 aromatic carbocycles. The van der Waals surface area contributed by atoms with E-state index in [0.29, 0.717) is 19.5 Å². The van der Waals surface area contributed by atoms with Gasteiger partial charge >= 0.3 is 6.41 Å². The van der Waals surface area contributed by atoms with Crippen LogP contribution in [-0.4, -0.2) is 55.9 Å². The second-order valence-corrected chi connectivity index (χ2v) is 11.2. The third kappa shape index (κ3) is 5.38. The van der Waals surface area contributed by atoms with Gasteiger partial charge in [0.2, 0.25) is 0 Å². The van der Waals surface area contributed by atoms with Gasteiger partial charge in [0, 0.05) is 47.2 Å². The molecule has 9 nitrogen and oxygen atoms in total. The maximum Gasteiger partial charge on any atom is 0.310 e. The molecule has 7 rings (SSSR count). The first-order valence-corrected chi connectivity index (χ1v) is 14.9. The Kier molecular flexibility index (Phi) is 7.69. The number of aryl methyl sites for hydroxylation is 2. The van der Waals surface area contributed by atoms with Gasteiger partial charge in [-0.3, -0.25) is 9.69 Å². The van der Waals surface area contributed by atoms with E-state index in [9.17, 15) is 4.79 Å². The number of hydrogen-bond acceptors (Lipinski definition) is 5. The highest BCUT2D eigenvalue weighted by Gasteiger charge is 2.33. The Labute approximate surface area is 255 Å². The standard InChI is InChI=1S/C35H34N7O2/c1-44-27-15-12-24(13-16-27)22-42-34(17-14-25-20-36-30-9-4-2-7-28(25)30)39-40-35(42)32(41-18-6-11-33(41)38-23-43)19-26-21-37-31-10-5-3-8-29(26)31/h2-13,15-16,20-21,32-33,36-37H,14,17-19,22H2,1H3,(H,38,43)/t32-,33?/m1/s1. The number of amides is 1. The van der Waals surface area contributed by atoms with Crippen LogP contribution < -0.4 is 10.1 Å². The summed E-state index contributed by atoms with van der Waals surface area (Å²) in [5.74, 6) is 2.60. The molecule has 0 saturated carbocycles. The van der Waals surface area contributed by atoms with Crippen molar-refractivity contribution in [3.63, 3.8) is 0 Å². The number of hydrogen-bond donors (Lipinski definition) is 3. The van der Waals surface area contributed by atoms with E-state index < -0.39 is 0 Å². The molecule has 1 aliphatic rings. The summed E-state index contributed by atoms with van der Waals surface area (Å²) in [4.78, 5) is 20.5. The number of carbonyl (C=O) groups excluding carboxylic acids is 1. The molecule has 221 valence electrons. The van der Waals surface area contributed by atoms with Crippen LogP contribution in [0.2, 0.25) is 0 Å². The number of nitrogens with zero attached hydrogens (tertiary/aromatic N) is 4. The fourth-order valence-electron chi connectivity index (χ4n) is 6.37. The van der Waals surface area contributed by atoms with Gasteiger partial charge in [-0.25, -0.2) is 0 Å². The van der Waals surface area contributed by atoms with E-state index in [1.165, 1.54) is 21.9 Å². The molecule has 1 aliphatic heterocycles. The van der Waals surface area contributed by atoms with Gasteiger partial charge in [-0.2, -0.15) is 0 Å². The molecule has 4 heterocycles. The lowest BCUT2D eigenvalue weighted by atomic mass is 10.0. The Balaban J connectivity index is 1.28. The lowest BCUT2D eigenvalue weighted by Gasteiger charge is -2.32. The molecule has 2 atom stereocenters. The molecule has 3 aromatic heterocycles. The van der Waals surface area contributed by atoms with E-state index in [1.54, 1.807) is 7.11 Å². The van der Waals surface area contributed by atoms with Crippen molar-refractivity contribution in [3.05, 3.63) is 126 Å². The van der Waals surface area contributed by atoms with E-state index >= 15 is 0 Å². The van der Waals surface area contributed by atoms with Gasteiger partial charge in [0.1, 0.15) is 17.7 Å². The first-order valence-electron chi connectivity index (χ1n) is 14.9. The summed E-state index contributed by atoms with van der Waals surface area (Å²) in [7, 11) is 1.68. The first kappa shape index (κ1) is 27.7. The maximum atomic E-state index is 11.5. The zero-order valence-electron chi connectivity index (χ0n) is 24.5. The number of aromatic amines is 2. The van der Waals surface area contributed by atoms with Crippen LogP contribution in [0.1, 0.15) is 34.4 Å². The molecule has 1 amide bonds. The molecule has 6 aromatic rings. The van der Waals surface area contributed by atoms with E-state index in [4.69, 9.17) is 14.9 Å². The van der Waals surface area contributed by atoms with Crippen molar-refractivity contribution in [2.75, 3.05) is 13.7 Å². The molecule has 0 fully saturated rings.